The summed E-state index contributed by atoms with van der Waals surface area (Å²) in [6.45, 7) is 5.81. The molecule has 0 unspecified atom stereocenters. The molecular formula is C19H25N3O3S. The zero-order valence-corrected chi connectivity index (χ0v) is 16.1. The highest BCUT2D eigenvalue weighted by atomic mass is 32.1. The van der Waals surface area contributed by atoms with Gasteiger partial charge in [0.2, 0.25) is 5.91 Å². The molecule has 0 saturated carbocycles. The van der Waals surface area contributed by atoms with Crippen molar-refractivity contribution >= 4 is 23.2 Å². The van der Waals surface area contributed by atoms with Crippen LogP contribution in [0.4, 0.5) is 0 Å². The molecule has 2 amide bonds. The van der Waals surface area contributed by atoms with Crippen molar-refractivity contribution in [1.82, 2.24) is 15.2 Å². The predicted octanol–water partition coefficient (Wildman–Crippen LogP) is 3.07. The van der Waals surface area contributed by atoms with Gasteiger partial charge in [-0.1, -0.05) is 13.8 Å². The third-order valence-electron chi connectivity index (χ3n) is 4.56. The zero-order valence-electron chi connectivity index (χ0n) is 15.2. The van der Waals surface area contributed by atoms with E-state index in [2.05, 4.69) is 10.7 Å². The Hall–Kier alpha value is -2.15. The normalized spacial score (nSPS) is 17.5. The van der Waals surface area contributed by atoms with Crippen LogP contribution < -0.4 is 5.32 Å². The Morgan fingerprint density at radius 1 is 1.46 bits per heavy atom. The fourth-order valence-corrected chi connectivity index (χ4v) is 4.04. The van der Waals surface area contributed by atoms with Gasteiger partial charge < -0.3 is 14.6 Å². The summed E-state index contributed by atoms with van der Waals surface area (Å²) in [4.78, 5) is 30.7. The predicted molar refractivity (Wildman–Crippen MR) is 100 cm³/mol. The highest BCUT2D eigenvalue weighted by Crippen LogP contribution is 2.30. The largest absolute Gasteiger partial charge is 0.459 e. The van der Waals surface area contributed by atoms with Crippen molar-refractivity contribution in [2.75, 3.05) is 19.6 Å². The third kappa shape index (κ3) is 4.52. The summed E-state index contributed by atoms with van der Waals surface area (Å²) >= 11 is 1.65. The van der Waals surface area contributed by atoms with E-state index in [1.807, 2.05) is 18.7 Å². The molecule has 0 radical (unpaired) electrons. The molecule has 3 heterocycles. The van der Waals surface area contributed by atoms with Gasteiger partial charge in [0.25, 0.3) is 5.91 Å². The number of hydrogen-bond donors (Lipinski definition) is 1. The van der Waals surface area contributed by atoms with Crippen molar-refractivity contribution in [3.63, 3.8) is 0 Å². The lowest BCUT2D eigenvalue weighted by Crippen LogP contribution is -2.38. The lowest BCUT2D eigenvalue weighted by molar-refractivity contribution is -0.123. The number of likely N-dealkylation sites (tertiary alicyclic amines) is 1. The summed E-state index contributed by atoms with van der Waals surface area (Å²) in [5.74, 6) is 0.687. The number of amides is 2. The van der Waals surface area contributed by atoms with Crippen LogP contribution in [0.2, 0.25) is 0 Å². The second kappa shape index (κ2) is 8.49. The van der Waals surface area contributed by atoms with Crippen LogP contribution in [0.3, 0.4) is 0 Å². The monoisotopic (exact) mass is 375 g/mol. The molecule has 1 fully saturated rings. The zero-order chi connectivity index (χ0) is 18.5. The van der Waals surface area contributed by atoms with Crippen LogP contribution in [-0.4, -0.2) is 41.3 Å². The van der Waals surface area contributed by atoms with E-state index in [-0.39, 0.29) is 23.7 Å². The maximum Gasteiger partial charge on any atom is 0.289 e. The number of hydrogen-bond acceptors (Lipinski definition) is 5. The molecule has 1 N–H and O–H groups in total. The average molecular weight is 375 g/mol. The first-order chi connectivity index (χ1) is 12.5. The Balaban J connectivity index is 1.55. The van der Waals surface area contributed by atoms with Crippen LogP contribution in [0.5, 0.6) is 0 Å². The molecule has 6 nitrogen and oxygen atoms in total. The second-order valence-corrected chi connectivity index (χ2v) is 7.83. The molecular weight excluding hydrogens is 350 g/mol. The highest BCUT2D eigenvalue weighted by Gasteiger charge is 2.28. The van der Waals surface area contributed by atoms with E-state index >= 15 is 0 Å². The number of nitrogens with one attached hydrogen (secondary N) is 1. The van der Waals surface area contributed by atoms with Crippen LogP contribution in [0.1, 0.15) is 53.9 Å². The van der Waals surface area contributed by atoms with Crippen molar-refractivity contribution in [2.24, 2.45) is 5.92 Å². The van der Waals surface area contributed by atoms with Gasteiger partial charge >= 0.3 is 0 Å². The average Bonchev–Trinajstić information content (AvgIpc) is 3.33. The standard InChI is InChI=1S/C19H25N3O3S/c1-13(2)17(23)20-8-7-15-12-26-18(21-15)14-5-3-9-22(11-14)19(24)16-6-4-10-25-16/h4,6,10,12-14H,3,5,7-9,11H2,1-2H3,(H,20,23)/t14-/m1/s1. The smallest absolute Gasteiger partial charge is 0.289 e. The number of nitrogens with zero attached hydrogens (tertiary/aromatic N) is 2. The number of carbonyl (C=O) groups is 2. The van der Waals surface area contributed by atoms with Gasteiger partial charge in [-0.05, 0) is 25.0 Å². The Morgan fingerprint density at radius 2 is 2.31 bits per heavy atom. The minimum Gasteiger partial charge on any atom is -0.459 e. The van der Waals surface area contributed by atoms with Crippen LogP contribution in [0.15, 0.2) is 28.2 Å². The summed E-state index contributed by atoms with van der Waals surface area (Å²) < 4.78 is 5.24. The van der Waals surface area contributed by atoms with Gasteiger partial charge in [-0.15, -0.1) is 11.3 Å². The van der Waals surface area contributed by atoms with Crippen molar-refractivity contribution in [2.45, 2.75) is 39.0 Å². The number of furan rings is 1. The summed E-state index contributed by atoms with van der Waals surface area (Å²) in [5, 5.41) is 6.06. The Morgan fingerprint density at radius 3 is 3.04 bits per heavy atom. The maximum absolute atomic E-state index is 12.5. The van der Waals surface area contributed by atoms with E-state index in [9.17, 15) is 9.59 Å². The number of rotatable bonds is 6. The topological polar surface area (TPSA) is 75.4 Å². The first kappa shape index (κ1) is 18.6. The number of thiazole rings is 1. The van der Waals surface area contributed by atoms with Crippen molar-refractivity contribution < 1.29 is 14.0 Å². The lowest BCUT2D eigenvalue weighted by atomic mass is 9.98. The van der Waals surface area contributed by atoms with Crippen LogP contribution in [0.25, 0.3) is 0 Å². The first-order valence-corrected chi connectivity index (χ1v) is 9.97. The molecule has 140 valence electrons. The molecule has 1 aliphatic rings. The highest BCUT2D eigenvalue weighted by molar-refractivity contribution is 7.09. The van der Waals surface area contributed by atoms with E-state index in [1.165, 1.54) is 6.26 Å². The molecule has 7 heteroatoms. The molecule has 1 aliphatic heterocycles. The molecule has 0 aromatic carbocycles. The molecule has 0 spiro atoms. The van der Waals surface area contributed by atoms with Gasteiger partial charge in [0.15, 0.2) is 5.76 Å². The Bertz CT molecular complexity index is 739. The molecule has 2 aromatic heterocycles. The molecule has 0 aliphatic carbocycles. The molecule has 2 aromatic rings. The van der Waals surface area contributed by atoms with Crippen LogP contribution in [-0.2, 0) is 11.2 Å². The fourth-order valence-electron chi connectivity index (χ4n) is 3.06. The Kier molecular flexibility index (Phi) is 6.08. The van der Waals surface area contributed by atoms with E-state index < -0.39 is 0 Å². The summed E-state index contributed by atoms with van der Waals surface area (Å²) in [6, 6.07) is 3.44. The van der Waals surface area contributed by atoms with Crippen molar-refractivity contribution in [3.8, 4) is 0 Å². The molecule has 1 saturated heterocycles. The fraction of sp³-hybridized carbons (Fsp3) is 0.526. The van der Waals surface area contributed by atoms with E-state index in [4.69, 9.17) is 9.40 Å². The number of carbonyl (C=O) groups excluding carboxylic acids is 2. The minimum absolute atomic E-state index is 0.000848. The van der Waals surface area contributed by atoms with Crippen molar-refractivity contribution in [1.29, 1.82) is 0 Å². The summed E-state index contributed by atoms with van der Waals surface area (Å²) in [7, 11) is 0. The van der Waals surface area contributed by atoms with Gasteiger partial charge in [-0.2, -0.15) is 0 Å². The van der Waals surface area contributed by atoms with Gasteiger partial charge in [0.1, 0.15) is 0 Å². The second-order valence-electron chi connectivity index (χ2n) is 6.94. The minimum atomic E-state index is -0.0483. The molecule has 3 rings (SSSR count). The van der Waals surface area contributed by atoms with Gasteiger partial charge in [0, 0.05) is 43.3 Å². The maximum atomic E-state index is 12.5. The molecule has 26 heavy (non-hydrogen) atoms. The van der Waals surface area contributed by atoms with Gasteiger partial charge in [-0.25, -0.2) is 4.98 Å². The van der Waals surface area contributed by atoms with E-state index in [0.29, 0.717) is 18.8 Å². The number of piperidine rings is 1. The van der Waals surface area contributed by atoms with Gasteiger partial charge in [0.05, 0.1) is 17.0 Å². The molecule has 0 bridgehead atoms. The third-order valence-corrected chi connectivity index (χ3v) is 5.62. The summed E-state index contributed by atoms with van der Waals surface area (Å²) in [5.41, 5.74) is 1.00. The quantitative estimate of drug-likeness (QED) is 0.842. The molecule has 1 atom stereocenters. The van der Waals surface area contributed by atoms with E-state index in [1.54, 1.807) is 23.5 Å². The van der Waals surface area contributed by atoms with Crippen molar-refractivity contribution in [3.05, 3.63) is 40.2 Å². The SMILES string of the molecule is CC(C)C(=O)NCCc1csc([C@@H]2CCCN(C(=O)c3ccco3)C2)n1. The van der Waals surface area contributed by atoms with Crippen LogP contribution in [0, 0.1) is 5.92 Å². The number of aromatic nitrogens is 1. The first-order valence-electron chi connectivity index (χ1n) is 9.09. The Labute approximate surface area is 157 Å². The lowest BCUT2D eigenvalue weighted by Gasteiger charge is -2.31. The van der Waals surface area contributed by atoms with E-state index in [0.717, 1.165) is 36.5 Å². The van der Waals surface area contributed by atoms with Gasteiger partial charge in [-0.3, -0.25) is 9.59 Å². The summed E-state index contributed by atoms with van der Waals surface area (Å²) in [6.07, 6.45) is 4.27. The van der Waals surface area contributed by atoms with Crippen LogP contribution >= 0.6 is 11.3 Å².